The molecule has 0 amide bonds. The summed E-state index contributed by atoms with van der Waals surface area (Å²) in [5.41, 5.74) is 2.49. The lowest BCUT2D eigenvalue weighted by Gasteiger charge is -2.28. The lowest BCUT2D eigenvalue weighted by molar-refractivity contribution is 0.0166. The highest BCUT2D eigenvalue weighted by molar-refractivity contribution is 5.64. The van der Waals surface area contributed by atoms with Crippen LogP contribution in [0.1, 0.15) is 23.2 Å². The van der Waals surface area contributed by atoms with Crippen LogP contribution in [-0.2, 0) is 20.6 Å². The van der Waals surface area contributed by atoms with Crippen molar-refractivity contribution in [3.05, 3.63) is 58.9 Å². The van der Waals surface area contributed by atoms with Gasteiger partial charge in [-0.3, -0.25) is 9.88 Å². The first-order chi connectivity index (χ1) is 15.1. The Morgan fingerprint density at radius 2 is 2.03 bits per heavy atom. The van der Waals surface area contributed by atoms with E-state index in [1.807, 2.05) is 19.1 Å². The highest BCUT2D eigenvalue weighted by Gasteiger charge is 2.26. The maximum atomic E-state index is 14.3. The van der Waals surface area contributed by atoms with Gasteiger partial charge in [-0.05, 0) is 43.2 Å². The third-order valence-corrected chi connectivity index (χ3v) is 5.60. The van der Waals surface area contributed by atoms with E-state index in [2.05, 4.69) is 9.88 Å². The first-order valence-electron chi connectivity index (χ1n) is 10.7. The van der Waals surface area contributed by atoms with Crippen molar-refractivity contribution in [3.63, 3.8) is 0 Å². The Bertz CT molecular complexity index is 928. The molecule has 1 saturated heterocycles. The molecule has 0 saturated carbocycles. The minimum atomic E-state index is -0.390. The lowest BCUT2D eigenvalue weighted by Crippen LogP contribution is -2.37. The number of methoxy groups -OCH3 is 1. The fourth-order valence-corrected chi connectivity index (χ4v) is 3.89. The van der Waals surface area contributed by atoms with Crippen molar-refractivity contribution in [1.82, 2.24) is 9.88 Å². The van der Waals surface area contributed by atoms with E-state index < -0.39 is 5.82 Å². The Hall–Kier alpha value is -2.48. The summed E-state index contributed by atoms with van der Waals surface area (Å²) in [6, 6.07) is 6.66. The largest absolute Gasteiger partial charge is 0.498 e. The zero-order valence-corrected chi connectivity index (χ0v) is 18.1. The SMILES string of the molecule is COC1=Cc2c(Oc3ccc(C)cc3F)ccnc2CC1OCCCN1CCOCC1. The van der Waals surface area contributed by atoms with Crippen LogP contribution in [0.4, 0.5) is 4.39 Å². The predicted molar refractivity (Wildman–Crippen MR) is 116 cm³/mol. The zero-order chi connectivity index (χ0) is 21.6. The van der Waals surface area contributed by atoms with E-state index in [0.29, 0.717) is 18.8 Å². The Balaban J connectivity index is 1.42. The third-order valence-electron chi connectivity index (χ3n) is 5.60. The van der Waals surface area contributed by atoms with Gasteiger partial charge in [-0.15, -0.1) is 0 Å². The summed E-state index contributed by atoms with van der Waals surface area (Å²) in [6.07, 6.45) is 4.91. The molecule has 1 aromatic carbocycles. The summed E-state index contributed by atoms with van der Waals surface area (Å²) in [5.74, 6) is 1.07. The molecule has 31 heavy (non-hydrogen) atoms. The van der Waals surface area contributed by atoms with Crippen molar-refractivity contribution in [2.24, 2.45) is 0 Å². The normalized spacial score (nSPS) is 18.9. The van der Waals surface area contributed by atoms with Gasteiger partial charge in [0.15, 0.2) is 11.6 Å². The molecule has 2 aromatic rings. The smallest absolute Gasteiger partial charge is 0.165 e. The standard InChI is InChI=1S/C24H29FN2O4/c1-17-4-5-22(19(25)14-17)31-21-6-7-26-20-16-24(23(28-2)15-18(20)21)30-11-3-8-27-9-12-29-13-10-27/h4-7,14-15,24H,3,8-13,16H2,1-2H3. The Labute approximate surface area is 182 Å². The number of nitrogens with zero attached hydrogens (tertiary/aromatic N) is 2. The Morgan fingerprint density at radius 1 is 1.19 bits per heavy atom. The molecular weight excluding hydrogens is 399 g/mol. The van der Waals surface area contributed by atoms with Crippen LogP contribution in [0.2, 0.25) is 0 Å². The van der Waals surface area contributed by atoms with Crippen LogP contribution in [-0.4, -0.2) is 62.6 Å². The molecule has 0 spiro atoms. The van der Waals surface area contributed by atoms with Crippen LogP contribution < -0.4 is 4.74 Å². The first kappa shape index (κ1) is 21.7. The monoisotopic (exact) mass is 428 g/mol. The van der Waals surface area contributed by atoms with E-state index in [0.717, 1.165) is 61.8 Å². The number of rotatable bonds is 8. The number of aromatic nitrogens is 1. The van der Waals surface area contributed by atoms with E-state index in [-0.39, 0.29) is 11.9 Å². The number of hydrogen-bond donors (Lipinski definition) is 0. The van der Waals surface area contributed by atoms with E-state index >= 15 is 0 Å². The molecule has 1 aliphatic carbocycles. The van der Waals surface area contributed by atoms with Gasteiger partial charge in [0.05, 0.1) is 26.0 Å². The number of aryl methyl sites for hydroxylation is 1. The van der Waals surface area contributed by atoms with E-state index in [1.54, 1.807) is 25.4 Å². The summed E-state index contributed by atoms with van der Waals surface area (Å²) >= 11 is 0. The number of hydrogen-bond acceptors (Lipinski definition) is 6. The zero-order valence-electron chi connectivity index (χ0n) is 18.1. The summed E-state index contributed by atoms with van der Waals surface area (Å²) in [6.45, 7) is 7.05. The molecule has 1 aromatic heterocycles. The summed E-state index contributed by atoms with van der Waals surface area (Å²) in [4.78, 5) is 6.90. The molecule has 2 aliphatic rings. The lowest BCUT2D eigenvalue weighted by atomic mass is 9.98. The molecule has 1 fully saturated rings. The van der Waals surface area contributed by atoms with Crippen LogP contribution in [0.25, 0.3) is 6.08 Å². The minimum absolute atomic E-state index is 0.188. The molecule has 0 bridgehead atoms. The minimum Gasteiger partial charge on any atom is -0.498 e. The average Bonchev–Trinajstić information content (AvgIpc) is 2.79. The van der Waals surface area contributed by atoms with Gasteiger partial charge in [-0.1, -0.05) is 6.07 Å². The van der Waals surface area contributed by atoms with Crippen molar-refractivity contribution in [2.75, 3.05) is 46.6 Å². The van der Waals surface area contributed by atoms with Crippen molar-refractivity contribution < 1.29 is 23.3 Å². The molecule has 2 heterocycles. The number of benzene rings is 1. The van der Waals surface area contributed by atoms with Crippen LogP contribution in [0, 0.1) is 12.7 Å². The van der Waals surface area contributed by atoms with Crippen molar-refractivity contribution >= 4 is 6.08 Å². The maximum Gasteiger partial charge on any atom is 0.165 e. The Morgan fingerprint density at radius 3 is 2.81 bits per heavy atom. The van der Waals surface area contributed by atoms with Gasteiger partial charge in [0.2, 0.25) is 0 Å². The number of ether oxygens (including phenoxy) is 4. The molecule has 1 aliphatic heterocycles. The summed E-state index contributed by atoms with van der Waals surface area (Å²) < 4.78 is 37.3. The van der Waals surface area contributed by atoms with Gasteiger partial charge in [-0.2, -0.15) is 0 Å². The number of pyridine rings is 1. The summed E-state index contributed by atoms with van der Waals surface area (Å²) in [5, 5.41) is 0. The Kier molecular flexibility index (Phi) is 7.17. The highest BCUT2D eigenvalue weighted by Crippen LogP contribution is 2.35. The molecular formula is C24H29FN2O4. The predicted octanol–water partition coefficient (Wildman–Crippen LogP) is 3.97. The van der Waals surface area contributed by atoms with Gasteiger partial charge in [0, 0.05) is 44.4 Å². The molecule has 7 heteroatoms. The fourth-order valence-electron chi connectivity index (χ4n) is 3.89. The van der Waals surface area contributed by atoms with Crippen molar-refractivity contribution in [1.29, 1.82) is 0 Å². The second kappa shape index (κ2) is 10.2. The van der Waals surface area contributed by atoms with Crippen molar-refractivity contribution in [3.8, 4) is 11.5 Å². The third kappa shape index (κ3) is 5.42. The van der Waals surface area contributed by atoms with Gasteiger partial charge in [0.1, 0.15) is 17.6 Å². The topological polar surface area (TPSA) is 53.0 Å². The van der Waals surface area contributed by atoms with Crippen LogP contribution in [0.5, 0.6) is 11.5 Å². The van der Waals surface area contributed by atoms with Crippen molar-refractivity contribution in [2.45, 2.75) is 25.9 Å². The molecule has 0 N–H and O–H groups in total. The summed E-state index contributed by atoms with van der Waals surface area (Å²) in [7, 11) is 1.64. The number of morpholine rings is 1. The fraction of sp³-hybridized carbons (Fsp3) is 0.458. The van der Waals surface area contributed by atoms with Crippen LogP contribution in [0.15, 0.2) is 36.2 Å². The first-order valence-corrected chi connectivity index (χ1v) is 10.7. The molecule has 1 atom stereocenters. The van der Waals surface area contributed by atoms with Gasteiger partial charge >= 0.3 is 0 Å². The number of fused-ring (bicyclic) bond motifs is 1. The second-order valence-corrected chi connectivity index (χ2v) is 7.83. The van der Waals surface area contributed by atoms with E-state index in [9.17, 15) is 4.39 Å². The maximum absolute atomic E-state index is 14.3. The molecule has 166 valence electrons. The van der Waals surface area contributed by atoms with Crippen LogP contribution >= 0.6 is 0 Å². The molecule has 4 rings (SSSR count). The van der Waals surface area contributed by atoms with Gasteiger partial charge in [0.25, 0.3) is 0 Å². The highest BCUT2D eigenvalue weighted by atomic mass is 19.1. The van der Waals surface area contributed by atoms with E-state index in [1.165, 1.54) is 6.07 Å². The van der Waals surface area contributed by atoms with Gasteiger partial charge in [-0.25, -0.2) is 4.39 Å². The average molecular weight is 429 g/mol. The second-order valence-electron chi connectivity index (χ2n) is 7.83. The molecule has 6 nitrogen and oxygen atoms in total. The van der Waals surface area contributed by atoms with Crippen LogP contribution in [0.3, 0.4) is 0 Å². The molecule has 1 unspecified atom stereocenters. The van der Waals surface area contributed by atoms with E-state index in [4.69, 9.17) is 18.9 Å². The van der Waals surface area contributed by atoms with Gasteiger partial charge < -0.3 is 18.9 Å². The molecule has 0 radical (unpaired) electrons. The quantitative estimate of drug-likeness (QED) is 0.593. The number of halogens is 1.